The molecule has 1 aliphatic heterocycles. The number of rotatable bonds is 5. The van der Waals surface area contributed by atoms with Gasteiger partial charge in [0.1, 0.15) is 0 Å². The van der Waals surface area contributed by atoms with Crippen molar-refractivity contribution >= 4 is 0 Å². The Bertz CT molecular complexity index is 140. The first-order chi connectivity index (χ1) is 6.24. The molecule has 0 amide bonds. The normalized spacial score (nSPS) is 23.3. The summed E-state index contributed by atoms with van der Waals surface area (Å²) in [5, 5.41) is 11.8. The van der Waals surface area contributed by atoms with Crippen LogP contribution in [0.1, 0.15) is 6.42 Å². The van der Waals surface area contributed by atoms with Crippen LogP contribution in [-0.2, 0) is 0 Å². The molecule has 2 N–H and O–H groups in total. The van der Waals surface area contributed by atoms with E-state index in [0.717, 1.165) is 19.5 Å². The Morgan fingerprint density at radius 3 is 2.77 bits per heavy atom. The van der Waals surface area contributed by atoms with Gasteiger partial charge in [-0.25, -0.2) is 8.78 Å². The lowest BCUT2D eigenvalue weighted by atomic mass is 10.2. The molecule has 78 valence electrons. The zero-order chi connectivity index (χ0) is 9.68. The minimum Gasteiger partial charge on any atom is -0.395 e. The van der Waals surface area contributed by atoms with Crippen LogP contribution in [0.4, 0.5) is 8.78 Å². The van der Waals surface area contributed by atoms with E-state index < -0.39 is 6.43 Å². The first-order valence-corrected chi connectivity index (χ1v) is 4.58. The predicted molar refractivity (Wildman–Crippen MR) is 45.9 cm³/mol. The molecular formula is C8H16F2N2O. The highest BCUT2D eigenvalue weighted by Gasteiger charge is 2.23. The van der Waals surface area contributed by atoms with E-state index >= 15 is 0 Å². The Kier molecular flexibility index (Phi) is 4.55. The molecule has 1 saturated heterocycles. The number of nitrogens with one attached hydrogen (secondary N) is 1. The van der Waals surface area contributed by atoms with Crippen molar-refractivity contribution in [1.82, 2.24) is 10.2 Å². The highest BCUT2D eigenvalue weighted by atomic mass is 19.3. The summed E-state index contributed by atoms with van der Waals surface area (Å²) in [5.41, 5.74) is 0. The van der Waals surface area contributed by atoms with Crippen molar-refractivity contribution in [2.24, 2.45) is 0 Å². The molecule has 5 heteroatoms. The van der Waals surface area contributed by atoms with E-state index in [9.17, 15) is 8.78 Å². The number of halogens is 2. The van der Waals surface area contributed by atoms with Gasteiger partial charge in [0.2, 0.25) is 0 Å². The molecule has 0 aromatic heterocycles. The second kappa shape index (κ2) is 5.47. The Labute approximate surface area is 76.7 Å². The van der Waals surface area contributed by atoms with Crippen LogP contribution in [0.15, 0.2) is 0 Å². The van der Waals surface area contributed by atoms with Gasteiger partial charge in [0.15, 0.2) is 0 Å². The molecule has 1 unspecified atom stereocenters. The molecule has 0 aromatic carbocycles. The summed E-state index contributed by atoms with van der Waals surface area (Å²) in [5.74, 6) is 0. The maximum Gasteiger partial charge on any atom is 0.251 e. The minimum absolute atomic E-state index is 0.0524. The van der Waals surface area contributed by atoms with E-state index in [4.69, 9.17) is 5.11 Å². The number of aliphatic hydroxyl groups is 1. The third kappa shape index (κ3) is 3.54. The summed E-state index contributed by atoms with van der Waals surface area (Å²) >= 11 is 0. The molecule has 3 nitrogen and oxygen atoms in total. The van der Waals surface area contributed by atoms with Gasteiger partial charge >= 0.3 is 0 Å². The molecule has 1 fully saturated rings. The van der Waals surface area contributed by atoms with E-state index in [1.807, 2.05) is 0 Å². The molecule has 1 heterocycles. The van der Waals surface area contributed by atoms with Gasteiger partial charge < -0.3 is 10.4 Å². The van der Waals surface area contributed by atoms with E-state index in [2.05, 4.69) is 5.32 Å². The van der Waals surface area contributed by atoms with Crippen molar-refractivity contribution in [1.29, 1.82) is 0 Å². The molecule has 0 bridgehead atoms. The fraction of sp³-hybridized carbons (Fsp3) is 1.00. The molecule has 1 rings (SSSR count). The van der Waals surface area contributed by atoms with Gasteiger partial charge in [-0.2, -0.15) is 0 Å². The van der Waals surface area contributed by atoms with Crippen molar-refractivity contribution in [3.05, 3.63) is 0 Å². The van der Waals surface area contributed by atoms with Crippen molar-refractivity contribution in [2.45, 2.75) is 18.9 Å². The van der Waals surface area contributed by atoms with Crippen LogP contribution in [0, 0.1) is 0 Å². The number of aliphatic hydroxyl groups excluding tert-OH is 1. The van der Waals surface area contributed by atoms with Crippen LogP contribution < -0.4 is 5.32 Å². The van der Waals surface area contributed by atoms with Gasteiger partial charge in [0, 0.05) is 19.1 Å². The topological polar surface area (TPSA) is 35.5 Å². The summed E-state index contributed by atoms with van der Waals surface area (Å²) in [6.45, 7) is 1.70. The first-order valence-electron chi connectivity index (χ1n) is 4.58. The smallest absolute Gasteiger partial charge is 0.251 e. The lowest BCUT2D eigenvalue weighted by molar-refractivity contribution is 0.0590. The Hall–Kier alpha value is -0.260. The fourth-order valence-electron chi connectivity index (χ4n) is 1.68. The van der Waals surface area contributed by atoms with Gasteiger partial charge in [-0.3, -0.25) is 4.90 Å². The van der Waals surface area contributed by atoms with Gasteiger partial charge in [0.05, 0.1) is 13.2 Å². The van der Waals surface area contributed by atoms with Crippen LogP contribution in [0.5, 0.6) is 0 Å². The highest BCUT2D eigenvalue weighted by molar-refractivity contribution is 4.80. The monoisotopic (exact) mass is 194 g/mol. The van der Waals surface area contributed by atoms with Crippen molar-refractivity contribution in [3.8, 4) is 0 Å². The third-order valence-electron chi connectivity index (χ3n) is 2.31. The maximum absolute atomic E-state index is 12.1. The van der Waals surface area contributed by atoms with Crippen molar-refractivity contribution in [2.75, 3.05) is 32.8 Å². The quantitative estimate of drug-likeness (QED) is 0.642. The first kappa shape index (κ1) is 10.8. The van der Waals surface area contributed by atoms with Crippen LogP contribution in [-0.4, -0.2) is 55.3 Å². The standard InChI is InChI=1S/C8H16F2N2O/c9-8(10)6-12(3-4-13)7-1-2-11-5-7/h7-8,11,13H,1-6H2. The Morgan fingerprint density at radius 2 is 2.31 bits per heavy atom. The minimum atomic E-state index is -2.31. The Balaban J connectivity index is 2.35. The zero-order valence-electron chi connectivity index (χ0n) is 7.55. The van der Waals surface area contributed by atoms with Crippen molar-refractivity contribution < 1.29 is 13.9 Å². The molecule has 0 radical (unpaired) electrons. The van der Waals surface area contributed by atoms with Crippen LogP contribution in [0.2, 0.25) is 0 Å². The summed E-state index contributed by atoms with van der Waals surface area (Å²) in [4.78, 5) is 1.66. The van der Waals surface area contributed by atoms with E-state index in [1.165, 1.54) is 0 Å². The molecule has 13 heavy (non-hydrogen) atoms. The lowest BCUT2D eigenvalue weighted by Crippen LogP contribution is -2.41. The second-order valence-electron chi connectivity index (χ2n) is 3.26. The molecule has 0 saturated carbocycles. The van der Waals surface area contributed by atoms with Gasteiger partial charge in [-0.05, 0) is 13.0 Å². The average Bonchev–Trinajstić information content (AvgIpc) is 2.54. The van der Waals surface area contributed by atoms with Crippen LogP contribution in [0.25, 0.3) is 0 Å². The number of alkyl halides is 2. The van der Waals surface area contributed by atoms with Crippen LogP contribution >= 0.6 is 0 Å². The molecular weight excluding hydrogens is 178 g/mol. The Morgan fingerprint density at radius 1 is 1.54 bits per heavy atom. The maximum atomic E-state index is 12.1. The zero-order valence-corrected chi connectivity index (χ0v) is 7.55. The van der Waals surface area contributed by atoms with Gasteiger partial charge in [0.25, 0.3) is 6.43 Å². The molecule has 1 atom stereocenters. The number of nitrogens with zero attached hydrogens (tertiary/aromatic N) is 1. The number of hydrogen-bond donors (Lipinski definition) is 2. The highest BCUT2D eigenvalue weighted by Crippen LogP contribution is 2.10. The van der Waals surface area contributed by atoms with E-state index in [0.29, 0.717) is 6.54 Å². The summed E-state index contributed by atoms with van der Waals surface area (Å²) < 4.78 is 24.2. The predicted octanol–water partition coefficient (Wildman–Crippen LogP) is -0.0923. The van der Waals surface area contributed by atoms with Crippen molar-refractivity contribution in [3.63, 3.8) is 0 Å². The van der Waals surface area contributed by atoms with Crippen LogP contribution in [0.3, 0.4) is 0 Å². The molecule has 1 aliphatic rings. The summed E-state index contributed by atoms with van der Waals surface area (Å²) in [6, 6.07) is 0.168. The van der Waals surface area contributed by atoms with Gasteiger partial charge in [-0.1, -0.05) is 0 Å². The molecule has 0 aromatic rings. The van der Waals surface area contributed by atoms with E-state index in [1.54, 1.807) is 4.90 Å². The average molecular weight is 194 g/mol. The lowest BCUT2D eigenvalue weighted by Gasteiger charge is -2.26. The van der Waals surface area contributed by atoms with E-state index in [-0.39, 0.29) is 19.2 Å². The second-order valence-corrected chi connectivity index (χ2v) is 3.26. The third-order valence-corrected chi connectivity index (χ3v) is 2.31. The largest absolute Gasteiger partial charge is 0.395 e. The summed E-state index contributed by atoms with van der Waals surface area (Å²) in [7, 11) is 0. The molecule has 0 aliphatic carbocycles. The summed E-state index contributed by atoms with van der Waals surface area (Å²) in [6.07, 6.45) is -1.42. The number of hydrogen-bond acceptors (Lipinski definition) is 3. The van der Waals surface area contributed by atoms with Gasteiger partial charge in [-0.15, -0.1) is 0 Å². The fourth-order valence-corrected chi connectivity index (χ4v) is 1.68. The SMILES string of the molecule is OCCN(CC(F)F)C1CCNC1. The molecule has 0 spiro atoms.